The number of amides is 1. The molecule has 38 heavy (non-hydrogen) atoms. The first-order chi connectivity index (χ1) is 18.3. The summed E-state index contributed by atoms with van der Waals surface area (Å²) in [5.74, 6) is 1.38. The van der Waals surface area contributed by atoms with E-state index in [1.807, 2.05) is 36.0 Å². The summed E-state index contributed by atoms with van der Waals surface area (Å²) in [6.07, 6.45) is 6.10. The lowest BCUT2D eigenvalue weighted by molar-refractivity contribution is -0.129. The molecule has 1 aliphatic carbocycles. The van der Waals surface area contributed by atoms with Crippen LogP contribution in [0.3, 0.4) is 0 Å². The Kier molecular flexibility index (Phi) is 6.39. The van der Waals surface area contributed by atoms with Gasteiger partial charge >= 0.3 is 0 Å². The molecule has 0 spiro atoms. The summed E-state index contributed by atoms with van der Waals surface area (Å²) >= 11 is 3.56. The summed E-state index contributed by atoms with van der Waals surface area (Å²) in [5, 5.41) is 12.7. The minimum absolute atomic E-state index is 0.0797. The molecule has 12 heteroatoms. The molecule has 0 unspecified atom stereocenters. The Bertz CT molecular complexity index is 1510. The molecule has 0 radical (unpaired) electrons. The first kappa shape index (κ1) is 24.9. The zero-order valence-corrected chi connectivity index (χ0v) is 23.4. The molecule has 1 saturated heterocycles. The number of benzene rings is 1. The minimum atomic E-state index is -0.376. The molecule has 1 aromatic carbocycles. The Morgan fingerprint density at radius 3 is 2.74 bits per heavy atom. The van der Waals surface area contributed by atoms with Crippen LogP contribution in [0.2, 0.25) is 0 Å². The summed E-state index contributed by atoms with van der Waals surface area (Å²) in [5.41, 5.74) is 2.07. The molecule has 1 amide bonds. The van der Waals surface area contributed by atoms with E-state index in [9.17, 15) is 4.79 Å². The molecule has 198 valence electrons. The van der Waals surface area contributed by atoms with Crippen LogP contribution < -0.4 is 15.5 Å². The SMILES string of the molecule is CNC(=O)[C@]1(C)CC[C@@H](Nc2ncc3c(Br)nn(-c4ccc5nc(N6CCN(C)CC6)ncc5c4)c3n2)C1. The number of nitrogens with one attached hydrogen (secondary N) is 2. The summed E-state index contributed by atoms with van der Waals surface area (Å²) in [7, 11) is 3.83. The van der Waals surface area contributed by atoms with Crippen molar-refractivity contribution in [2.75, 3.05) is 50.5 Å². The lowest BCUT2D eigenvalue weighted by atomic mass is 9.87. The number of piperazine rings is 1. The highest BCUT2D eigenvalue weighted by molar-refractivity contribution is 9.10. The average Bonchev–Trinajstić information content (AvgIpc) is 3.47. The van der Waals surface area contributed by atoms with E-state index in [1.165, 1.54) is 0 Å². The number of hydrogen-bond donors (Lipinski definition) is 2. The summed E-state index contributed by atoms with van der Waals surface area (Å²) in [6.45, 7) is 5.88. The number of rotatable bonds is 5. The zero-order chi connectivity index (χ0) is 26.4. The van der Waals surface area contributed by atoms with Gasteiger partial charge in [-0.25, -0.2) is 19.6 Å². The van der Waals surface area contributed by atoms with Crippen LogP contribution in [-0.4, -0.2) is 86.8 Å². The second kappa shape index (κ2) is 9.73. The summed E-state index contributed by atoms with van der Waals surface area (Å²) in [6, 6.07) is 6.17. The quantitative estimate of drug-likeness (QED) is 0.368. The van der Waals surface area contributed by atoms with Crippen LogP contribution in [0.4, 0.5) is 11.9 Å². The molecule has 0 bridgehead atoms. The van der Waals surface area contributed by atoms with E-state index >= 15 is 0 Å². The van der Waals surface area contributed by atoms with Crippen LogP contribution in [-0.2, 0) is 4.79 Å². The Morgan fingerprint density at radius 2 is 1.95 bits per heavy atom. The Balaban J connectivity index is 1.27. The maximum atomic E-state index is 12.3. The maximum Gasteiger partial charge on any atom is 0.225 e. The van der Waals surface area contributed by atoms with Gasteiger partial charge in [0.2, 0.25) is 17.8 Å². The monoisotopic (exact) mass is 578 g/mol. The number of fused-ring (bicyclic) bond motifs is 2. The fourth-order valence-corrected chi connectivity index (χ4v) is 5.91. The molecule has 2 aliphatic rings. The number of likely N-dealkylation sites (N-methyl/N-ethyl adjacent to an activating group) is 1. The molecule has 1 saturated carbocycles. The van der Waals surface area contributed by atoms with Crippen LogP contribution in [0.1, 0.15) is 26.2 Å². The van der Waals surface area contributed by atoms with Crippen molar-refractivity contribution in [1.29, 1.82) is 0 Å². The van der Waals surface area contributed by atoms with E-state index < -0.39 is 0 Å². The van der Waals surface area contributed by atoms with Crippen molar-refractivity contribution in [2.24, 2.45) is 5.41 Å². The number of anilines is 2. The number of nitrogens with zero attached hydrogens (tertiary/aromatic N) is 8. The molecule has 2 N–H and O–H groups in total. The third kappa shape index (κ3) is 4.55. The number of halogens is 1. The van der Waals surface area contributed by atoms with Gasteiger partial charge in [-0.3, -0.25) is 4.79 Å². The molecule has 1 aliphatic heterocycles. The second-order valence-corrected chi connectivity index (χ2v) is 11.3. The van der Waals surface area contributed by atoms with Crippen LogP contribution in [0, 0.1) is 5.41 Å². The van der Waals surface area contributed by atoms with Crippen LogP contribution >= 0.6 is 15.9 Å². The van der Waals surface area contributed by atoms with E-state index in [0.29, 0.717) is 16.2 Å². The van der Waals surface area contributed by atoms with Gasteiger partial charge in [0.1, 0.15) is 4.60 Å². The standard InChI is InChI=1S/C26H31BrN10O/c1-26(23(38)28-2)7-6-17(13-26)31-24-29-15-19-21(27)34-37(22(19)33-24)18-4-5-20-16(12-18)14-30-25(32-20)36-10-8-35(3)9-11-36/h4-5,12,14-15,17H,6-11,13H2,1-3H3,(H,28,38)(H,29,31,33)/t17-,26-/m1/s1. The molecule has 4 heterocycles. The van der Waals surface area contributed by atoms with Crippen molar-refractivity contribution in [3.8, 4) is 5.69 Å². The normalized spacial score (nSPS) is 22.3. The van der Waals surface area contributed by atoms with Gasteiger partial charge < -0.3 is 20.4 Å². The Morgan fingerprint density at radius 1 is 1.13 bits per heavy atom. The molecule has 2 fully saturated rings. The third-order valence-corrected chi connectivity index (χ3v) is 8.40. The van der Waals surface area contributed by atoms with Crippen molar-refractivity contribution in [1.82, 2.24) is 39.9 Å². The number of carbonyl (C=O) groups is 1. The van der Waals surface area contributed by atoms with E-state index in [2.05, 4.69) is 53.4 Å². The van der Waals surface area contributed by atoms with E-state index in [4.69, 9.17) is 15.1 Å². The number of aromatic nitrogens is 6. The highest BCUT2D eigenvalue weighted by Crippen LogP contribution is 2.39. The van der Waals surface area contributed by atoms with Gasteiger partial charge in [0.25, 0.3) is 0 Å². The van der Waals surface area contributed by atoms with Crippen LogP contribution in [0.25, 0.3) is 27.6 Å². The van der Waals surface area contributed by atoms with Crippen molar-refractivity contribution in [3.63, 3.8) is 0 Å². The predicted molar refractivity (Wildman–Crippen MR) is 151 cm³/mol. The van der Waals surface area contributed by atoms with Crippen molar-refractivity contribution in [2.45, 2.75) is 32.2 Å². The summed E-state index contributed by atoms with van der Waals surface area (Å²) < 4.78 is 2.48. The third-order valence-electron chi connectivity index (χ3n) is 7.81. The first-order valence-electron chi connectivity index (χ1n) is 12.9. The van der Waals surface area contributed by atoms with Gasteiger partial charge in [0.15, 0.2) is 5.65 Å². The first-order valence-corrected chi connectivity index (χ1v) is 13.7. The molecule has 6 rings (SSSR count). The molecular formula is C26H31BrN10O. The van der Waals surface area contributed by atoms with E-state index in [1.54, 1.807) is 13.2 Å². The smallest absolute Gasteiger partial charge is 0.225 e. The van der Waals surface area contributed by atoms with Gasteiger partial charge in [-0.05, 0) is 60.4 Å². The molecular weight excluding hydrogens is 548 g/mol. The lowest BCUT2D eigenvalue weighted by Crippen LogP contribution is -2.45. The molecule has 11 nitrogen and oxygen atoms in total. The Labute approximate surface area is 229 Å². The fourth-order valence-electron chi connectivity index (χ4n) is 5.47. The molecule has 4 aromatic rings. The van der Waals surface area contributed by atoms with Crippen molar-refractivity contribution in [3.05, 3.63) is 35.2 Å². The minimum Gasteiger partial charge on any atom is -0.359 e. The van der Waals surface area contributed by atoms with Gasteiger partial charge in [-0.2, -0.15) is 10.1 Å². The lowest BCUT2D eigenvalue weighted by Gasteiger charge is -2.32. The zero-order valence-electron chi connectivity index (χ0n) is 21.8. The van der Waals surface area contributed by atoms with Gasteiger partial charge in [0, 0.05) is 62.5 Å². The Hall–Kier alpha value is -3.38. The van der Waals surface area contributed by atoms with Gasteiger partial charge in [0.05, 0.1) is 16.6 Å². The number of carbonyl (C=O) groups excluding carboxylic acids is 1. The van der Waals surface area contributed by atoms with E-state index in [-0.39, 0.29) is 17.4 Å². The fraction of sp³-hybridized carbons (Fsp3) is 0.462. The van der Waals surface area contributed by atoms with Crippen molar-refractivity contribution >= 4 is 55.7 Å². The van der Waals surface area contributed by atoms with Gasteiger partial charge in [-0.1, -0.05) is 6.92 Å². The summed E-state index contributed by atoms with van der Waals surface area (Å²) in [4.78, 5) is 35.7. The molecule has 2 atom stereocenters. The topological polar surface area (TPSA) is 117 Å². The predicted octanol–water partition coefficient (Wildman–Crippen LogP) is 2.99. The van der Waals surface area contributed by atoms with E-state index in [0.717, 1.165) is 73.4 Å². The second-order valence-electron chi connectivity index (χ2n) is 10.6. The maximum absolute atomic E-state index is 12.3. The average molecular weight is 580 g/mol. The van der Waals surface area contributed by atoms with Gasteiger partial charge in [-0.15, -0.1) is 0 Å². The van der Waals surface area contributed by atoms with Crippen molar-refractivity contribution < 1.29 is 4.79 Å². The van der Waals surface area contributed by atoms with Crippen LogP contribution in [0.15, 0.2) is 35.2 Å². The number of hydrogen-bond acceptors (Lipinski definition) is 9. The highest BCUT2D eigenvalue weighted by Gasteiger charge is 2.41. The largest absolute Gasteiger partial charge is 0.359 e. The molecule has 3 aromatic heterocycles. The highest BCUT2D eigenvalue weighted by atomic mass is 79.9. The van der Waals surface area contributed by atoms with Crippen LogP contribution in [0.5, 0.6) is 0 Å².